The highest BCUT2D eigenvalue weighted by molar-refractivity contribution is 6.30. The second-order valence-electron chi connectivity index (χ2n) is 7.68. The van der Waals surface area contributed by atoms with E-state index in [0.29, 0.717) is 34.3 Å². The summed E-state index contributed by atoms with van der Waals surface area (Å²) in [6.07, 6.45) is 1.67. The van der Waals surface area contributed by atoms with Gasteiger partial charge in [0.25, 0.3) is 0 Å². The van der Waals surface area contributed by atoms with Gasteiger partial charge in [-0.05, 0) is 55.0 Å². The van der Waals surface area contributed by atoms with Crippen LogP contribution in [-0.4, -0.2) is 27.6 Å². The molecule has 0 radical (unpaired) electrons. The third kappa shape index (κ3) is 3.90. The fourth-order valence-corrected chi connectivity index (χ4v) is 4.12. The van der Waals surface area contributed by atoms with Gasteiger partial charge in [-0.25, -0.2) is 0 Å². The van der Waals surface area contributed by atoms with Gasteiger partial charge in [0, 0.05) is 40.4 Å². The molecule has 0 N–H and O–H groups in total. The van der Waals surface area contributed by atoms with E-state index in [1.165, 1.54) is 0 Å². The van der Waals surface area contributed by atoms with Crippen LogP contribution in [0.4, 0.5) is 0 Å². The molecule has 6 nitrogen and oxygen atoms in total. The molecule has 0 atom stereocenters. The van der Waals surface area contributed by atoms with Crippen LogP contribution < -0.4 is 4.74 Å². The Bertz CT molecular complexity index is 1450. The fourth-order valence-electron chi connectivity index (χ4n) is 3.99. The smallest absolute Gasteiger partial charge is 0.233 e. The van der Waals surface area contributed by atoms with Crippen molar-refractivity contribution in [1.82, 2.24) is 14.7 Å². The number of hydrogen-bond donors (Lipinski definition) is 0. The minimum Gasteiger partial charge on any atom is -0.497 e. The SMILES string of the molecule is COc1ccc2c(c1)c(C(=O)c1cc(-c3ccccn3)no1)c(C)n2Cc1ccc(Cl)cc1. The van der Waals surface area contributed by atoms with Gasteiger partial charge in [0.2, 0.25) is 11.5 Å². The first-order chi connectivity index (χ1) is 16.0. The minimum atomic E-state index is -0.240. The molecular weight excluding hydrogens is 438 g/mol. The molecule has 0 amide bonds. The number of methoxy groups -OCH3 is 1. The maximum Gasteiger partial charge on any atom is 0.233 e. The van der Waals surface area contributed by atoms with Crippen molar-refractivity contribution in [3.05, 3.63) is 101 Å². The predicted molar refractivity (Wildman–Crippen MR) is 127 cm³/mol. The zero-order valence-electron chi connectivity index (χ0n) is 18.1. The molecule has 0 saturated carbocycles. The first-order valence-corrected chi connectivity index (χ1v) is 10.8. The number of fused-ring (bicyclic) bond motifs is 1. The number of carbonyl (C=O) groups excluding carboxylic acids is 1. The van der Waals surface area contributed by atoms with Crippen LogP contribution in [0.3, 0.4) is 0 Å². The lowest BCUT2D eigenvalue weighted by Gasteiger charge is -2.09. The van der Waals surface area contributed by atoms with Crippen molar-refractivity contribution in [3.8, 4) is 17.1 Å². The molecule has 2 aromatic carbocycles. The van der Waals surface area contributed by atoms with Crippen LogP contribution in [0.25, 0.3) is 22.3 Å². The third-order valence-electron chi connectivity index (χ3n) is 5.67. The summed E-state index contributed by atoms with van der Waals surface area (Å²) in [7, 11) is 1.61. The fraction of sp³-hybridized carbons (Fsp3) is 0.115. The number of halogens is 1. The highest BCUT2D eigenvalue weighted by Crippen LogP contribution is 2.32. The molecular formula is C26H20ClN3O3. The maximum atomic E-state index is 13.6. The molecule has 3 aromatic heterocycles. The zero-order valence-corrected chi connectivity index (χ0v) is 18.8. The van der Waals surface area contributed by atoms with Gasteiger partial charge < -0.3 is 13.8 Å². The highest BCUT2D eigenvalue weighted by atomic mass is 35.5. The summed E-state index contributed by atoms with van der Waals surface area (Å²) < 4.78 is 13.0. The summed E-state index contributed by atoms with van der Waals surface area (Å²) >= 11 is 6.05. The Morgan fingerprint density at radius 2 is 1.88 bits per heavy atom. The number of benzene rings is 2. The molecule has 0 saturated heterocycles. The molecule has 0 fully saturated rings. The lowest BCUT2D eigenvalue weighted by Crippen LogP contribution is -2.05. The van der Waals surface area contributed by atoms with Crippen LogP contribution in [-0.2, 0) is 6.54 Å². The first kappa shape index (κ1) is 21.0. The van der Waals surface area contributed by atoms with Crippen LogP contribution in [0.2, 0.25) is 5.02 Å². The van der Waals surface area contributed by atoms with E-state index in [0.717, 1.165) is 22.2 Å². The Balaban J connectivity index is 1.61. The predicted octanol–water partition coefficient (Wildman–Crippen LogP) is 5.94. The Labute approximate surface area is 195 Å². The van der Waals surface area contributed by atoms with Crippen LogP contribution in [0.5, 0.6) is 5.75 Å². The van der Waals surface area contributed by atoms with Gasteiger partial charge in [-0.15, -0.1) is 0 Å². The number of nitrogens with zero attached hydrogens (tertiary/aromatic N) is 3. The minimum absolute atomic E-state index is 0.159. The summed E-state index contributed by atoms with van der Waals surface area (Å²) in [6, 6.07) is 20.6. The third-order valence-corrected chi connectivity index (χ3v) is 5.92. The molecule has 7 heteroatoms. The lowest BCUT2D eigenvalue weighted by atomic mass is 10.0. The average Bonchev–Trinajstić information content (AvgIpc) is 3.44. The average molecular weight is 458 g/mol. The van der Waals surface area contributed by atoms with Crippen molar-refractivity contribution >= 4 is 28.3 Å². The quantitative estimate of drug-likeness (QED) is 0.295. The lowest BCUT2D eigenvalue weighted by molar-refractivity contribution is 0.100. The Hall–Kier alpha value is -3.90. The summed E-state index contributed by atoms with van der Waals surface area (Å²) in [4.78, 5) is 17.9. The normalized spacial score (nSPS) is 11.1. The van der Waals surface area contributed by atoms with E-state index in [9.17, 15) is 4.79 Å². The van der Waals surface area contributed by atoms with Gasteiger partial charge in [0.1, 0.15) is 11.4 Å². The Morgan fingerprint density at radius 1 is 1.06 bits per heavy atom. The van der Waals surface area contributed by atoms with E-state index < -0.39 is 0 Å². The van der Waals surface area contributed by atoms with Crippen molar-refractivity contribution in [2.24, 2.45) is 0 Å². The molecule has 0 spiro atoms. The van der Waals surface area contributed by atoms with Crippen LogP contribution in [0, 0.1) is 6.92 Å². The molecule has 5 rings (SSSR count). The highest BCUT2D eigenvalue weighted by Gasteiger charge is 2.25. The molecule has 0 unspecified atom stereocenters. The molecule has 5 aromatic rings. The molecule has 0 aliphatic rings. The van der Waals surface area contributed by atoms with E-state index in [1.807, 2.05) is 67.6 Å². The van der Waals surface area contributed by atoms with Crippen LogP contribution in [0.15, 0.2) is 77.4 Å². The van der Waals surface area contributed by atoms with Crippen LogP contribution >= 0.6 is 11.6 Å². The number of ketones is 1. The van der Waals surface area contributed by atoms with Gasteiger partial charge in [0.15, 0.2) is 0 Å². The van der Waals surface area contributed by atoms with Crippen LogP contribution in [0.1, 0.15) is 27.4 Å². The van der Waals surface area contributed by atoms with Crippen molar-refractivity contribution in [3.63, 3.8) is 0 Å². The number of ether oxygens (including phenoxy) is 1. The summed E-state index contributed by atoms with van der Waals surface area (Å²) in [5.74, 6) is 0.592. The standard InChI is InChI=1S/C26H20ClN3O3/c1-16-25(26(31)24-14-22(29-33-24)21-5-3-4-12-28-21)20-13-19(32-2)10-11-23(20)30(16)15-17-6-8-18(27)9-7-17/h3-14H,15H2,1-2H3. The number of aromatic nitrogens is 3. The van der Waals surface area contributed by atoms with E-state index in [1.54, 1.807) is 19.4 Å². The monoisotopic (exact) mass is 457 g/mol. The maximum absolute atomic E-state index is 13.6. The van der Waals surface area contributed by atoms with E-state index in [4.69, 9.17) is 20.9 Å². The molecule has 0 aliphatic heterocycles. The largest absolute Gasteiger partial charge is 0.497 e. The summed E-state index contributed by atoms with van der Waals surface area (Å²) in [5.41, 5.74) is 4.54. The summed E-state index contributed by atoms with van der Waals surface area (Å²) in [5, 5.41) is 5.53. The zero-order chi connectivity index (χ0) is 22.9. The van der Waals surface area contributed by atoms with Crippen molar-refractivity contribution in [1.29, 1.82) is 0 Å². The van der Waals surface area contributed by atoms with E-state index >= 15 is 0 Å². The van der Waals surface area contributed by atoms with Crippen molar-refractivity contribution < 1.29 is 14.1 Å². The molecule has 0 aliphatic carbocycles. The second-order valence-corrected chi connectivity index (χ2v) is 8.11. The van der Waals surface area contributed by atoms with E-state index in [-0.39, 0.29) is 11.5 Å². The van der Waals surface area contributed by atoms with Crippen molar-refractivity contribution in [2.75, 3.05) is 7.11 Å². The van der Waals surface area contributed by atoms with E-state index in [2.05, 4.69) is 14.7 Å². The van der Waals surface area contributed by atoms with Gasteiger partial charge in [0.05, 0.1) is 18.4 Å². The first-order valence-electron chi connectivity index (χ1n) is 10.4. The number of hydrogen-bond acceptors (Lipinski definition) is 5. The number of carbonyl (C=O) groups is 1. The second kappa shape index (κ2) is 8.56. The van der Waals surface area contributed by atoms with Gasteiger partial charge >= 0.3 is 0 Å². The summed E-state index contributed by atoms with van der Waals surface area (Å²) in [6.45, 7) is 2.53. The van der Waals surface area contributed by atoms with Gasteiger partial charge in [-0.3, -0.25) is 9.78 Å². The Morgan fingerprint density at radius 3 is 2.61 bits per heavy atom. The molecule has 33 heavy (non-hydrogen) atoms. The molecule has 164 valence electrons. The molecule has 0 bridgehead atoms. The Kier molecular flexibility index (Phi) is 5.44. The number of rotatable bonds is 6. The topological polar surface area (TPSA) is 70.2 Å². The van der Waals surface area contributed by atoms with Crippen molar-refractivity contribution in [2.45, 2.75) is 13.5 Å². The van der Waals surface area contributed by atoms with Gasteiger partial charge in [-0.2, -0.15) is 0 Å². The molecule has 3 heterocycles. The van der Waals surface area contributed by atoms with Gasteiger partial charge in [-0.1, -0.05) is 35.0 Å². The number of pyridine rings is 1.